The quantitative estimate of drug-likeness (QED) is 0.827. The van der Waals surface area contributed by atoms with Crippen LogP contribution in [0.2, 0.25) is 0 Å². The van der Waals surface area contributed by atoms with E-state index in [4.69, 9.17) is 0 Å². The molecule has 1 aromatic rings. The number of nitrogens with zero attached hydrogens (tertiary/aromatic N) is 3. The predicted octanol–water partition coefficient (Wildman–Crippen LogP) is 1.20. The molecule has 0 atom stereocenters. The van der Waals surface area contributed by atoms with Crippen LogP contribution in [0.4, 0.5) is 5.95 Å². The molecule has 1 saturated heterocycles. The molecule has 86 valence electrons. The Morgan fingerprint density at radius 3 is 2.25 bits per heavy atom. The number of hydrogen-bond acceptors (Lipinski definition) is 4. The summed E-state index contributed by atoms with van der Waals surface area (Å²) in [5.74, 6) is 0.882. The van der Waals surface area contributed by atoms with E-state index in [9.17, 15) is 0 Å². The van der Waals surface area contributed by atoms with Gasteiger partial charge in [-0.2, -0.15) is 0 Å². The smallest absolute Gasteiger partial charge is 0.225 e. The highest BCUT2D eigenvalue weighted by Gasteiger charge is 2.27. The Hall–Kier alpha value is -1.16. The monoisotopic (exact) mass is 218 g/mol. The molecule has 0 amide bonds. The molecule has 2 fully saturated rings. The summed E-state index contributed by atoms with van der Waals surface area (Å²) in [5.41, 5.74) is 0. The largest absolute Gasteiger partial charge is 0.341 e. The molecule has 0 radical (unpaired) electrons. The lowest BCUT2D eigenvalue weighted by atomic mass is 10.1. The van der Waals surface area contributed by atoms with E-state index in [0.29, 0.717) is 6.04 Å². The Morgan fingerprint density at radius 1 is 1.00 bits per heavy atom. The summed E-state index contributed by atoms with van der Waals surface area (Å²) < 4.78 is 0. The van der Waals surface area contributed by atoms with Gasteiger partial charge in [-0.3, -0.25) is 0 Å². The van der Waals surface area contributed by atoms with Gasteiger partial charge in [0.05, 0.1) is 0 Å². The van der Waals surface area contributed by atoms with Gasteiger partial charge in [0.1, 0.15) is 0 Å². The zero-order valence-corrected chi connectivity index (χ0v) is 9.47. The summed E-state index contributed by atoms with van der Waals surface area (Å²) >= 11 is 0. The third-order valence-electron chi connectivity index (χ3n) is 3.38. The topological polar surface area (TPSA) is 41.1 Å². The van der Waals surface area contributed by atoms with Crippen LogP contribution in [0.5, 0.6) is 0 Å². The van der Waals surface area contributed by atoms with Crippen LogP contribution in [0.3, 0.4) is 0 Å². The normalized spacial score (nSPS) is 22.4. The van der Waals surface area contributed by atoms with Crippen molar-refractivity contribution in [3.63, 3.8) is 0 Å². The van der Waals surface area contributed by atoms with Crippen molar-refractivity contribution >= 4 is 5.95 Å². The minimum atomic E-state index is 0.715. The molecular weight excluding hydrogens is 200 g/mol. The highest BCUT2D eigenvalue weighted by atomic mass is 15.3. The zero-order valence-electron chi connectivity index (χ0n) is 9.47. The maximum atomic E-state index is 4.30. The first kappa shape index (κ1) is 10.0. The molecular formula is C12H18N4. The second kappa shape index (κ2) is 4.37. The van der Waals surface area contributed by atoms with Gasteiger partial charge in [-0.05, 0) is 31.7 Å². The molecule has 16 heavy (non-hydrogen) atoms. The van der Waals surface area contributed by atoms with Crippen molar-refractivity contribution in [3.8, 4) is 0 Å². The average molecular weight is 218 g/mol. The van der Waals surface area contributed by atoms with Gasteiger partial charge in [-0.15, -0.1) is 0 Å². The molecule has 1 aromatic heterocycles. The zero-order chi connectivity index (χ0) is 10.8. The van der Waals surface area contributed by atoms with Gasteiger partial charge in [-0.1, -0.05) is 0 Å². The highest BCUT2D eigenvalue weighted by Crippen LogP contribution is 2.23. The Kier molecular flexibility index (Phi) is 2.74. The van der Waals surface area contributed by atoms with E-state index in [1.807, 2.05) is 18.5 Å². The van der Waals surface area contributed by atoms with Crippen LogP contribution in [0.25, 0.3) is 0 Å². The first-order valence-corrected chi connectivity index (χ1v) is 6.20. The van der Waals surface area contributed by atoms with Crippen molar-refractivity contribution in [2.75, 3.05) is 18.0 Å². The number of nitrogens with one attached hydrogen (secondary N) is 1. The van der Waals surface area contributed by atoms with E-state index in [2.05, 4.69) is 20.2 Å². The fourth-order valence-corrected chi connectivity index (χ4v) is 2.28. The Balaban J connectivity index is 1.53. The summed E-state index contributed by atoms with van der Waals surface area (Å²) in [4.78, 5) is 10.9. The summed E-state index contributed by atoms with van der Waals surface area (Å²) in [7, 11) is 0. The Labute approximate surface area is 96.1 Å². The molecule has 3 rings (SSSR count). The van der Waals surface area contributed by atoms with Crippen LogP contribution >= 0.6 is 0 Å². The van der Waals surface area contributed by atoms with Gasteiger partial charge in [0, 0.05) is 37.6 Å². The van der Waals surface area contributed by atoms with E-state index in [-0.39, 0.29) is 0 Å². The lowest BCUT2D eigenvalue weighted by molar-refractivity contribution is 0.410. The molecule has 1 aliphatic heterocycles. The van der Waals surface area contributed by atoms with Gasteiger partial charge in [0.25, 0.3) is 0 Å². The van der Waals surface area contributed by atoms with Gasteiger partial charge >= 0.3 is 0 Å². The number of anilines is 1. The SMILES string of the molecule is c1cnc(N2CCC(NC3CC3)CC2)nc1. The van der Waals surface area contributed by atoms with Crippen molar-refractivity contribution in [3.05, 3.63) is 18.5 Å². The summed E-state index contributed by atoms with van der Waals surface area (Å²) in [6, 6.07) is 3.40. The van der Waals surface area contributed by atoms with Crippen LogP contribution in [0.1, 0.15) is 25.7 Å². The van der Waals surface area contributed by atoms with Crippen LogP contribution in [0, 0.1) is 0 Å². The average Bonchev–Trinajstić information content (AvgIpc) is 3.15. The van der Waals surface area contributed by atoms with E-state index < -0.39 is 0 Å². The fourth-order valence-electron chi connectivity index (χ4n) is 2.28. The number of aromatic nitrogens is 2. The van der Waals surface area contributed by atoms with Crippen molar-refractivity contribution < 1.29 is 0 Å². The minimum Gasteiger partial charge on any atom is -0.341 e. The van der Waals surface area contributed by atoms with Crippen molar-refractivity contribution in [1.82, 2.24) is 15.3 Å². The molecule has 2 aliphatic rings. The molecule has 4 heteroatoms. The van der Waals surface area contributed by atoms with E-state index in [1.54, 1.807) is 0 Å². The molecule has 2 heterocycles. The molecule has 0 unspecified atom stereocenters. The van der Waals surface area contributed by atoms with Gasteiger partial charge in [0.15, 0.2) is 0 Å². The lowest BCUT2D eigenvalue weighted by Crippen LogP contribution is -2.43. The van der Waals surface area contributed by atoms with Gasteiger partial charge in [0.2, 0.25) is 5.95 Å². The molecule has 0 bridgehead atoms. The first-order valence-electron chi connectivity index (χ1n) is 6.20. The molecule has 1 aliphatic carbocycles. The van der Waals surface area contributed by atoms with Crippen LogP contribution in [-0.4, -0.2) is 35.1 Å². The fraction of sp³-hybridized carbons (Fsp3) is 0.667. The number of rotatable bonds is 3. The summed E-state index contributed by atoms with van der Waals surface area (Å²) in [6.07, 6.45) is 8.82. The molecule has 1 N–H and O–H groups in total. The van der Waals surface area contributed by atoms with E-state index >= 15 is 0 Å². The summed E-state index contributed by atoms with van der Waals surface area (Å²) in [5, 5.41) is 3.70. The Bertz CT molecular complexity index is 328. The van der Waals surface area contributed by atoms with E-state index in [0.717, 1.165) is 25.1 Å². The minimum absolute atomic E-state index is 0.715. The Morgan fingerprint density at radius 2 is 1.62 bits per heavy atom. The van der Waals surface area contributed by atoms with Gasteiger partial charge in [-0.25, -0.2) is 9.97 Å². The molecule has 1 saturated carbocycles. The number of hydrogen-bond donors (Lipinski definition) is 1. The molecule has 0 aromatic carbocycles. The van der Waals surface area contributed by atoms with Crippen molar-refractivity contribution in [2.24, 2.45) is 0 Å². The maximum Gasteiger partial charge on any atom is 0.225 e. The molecule has 0 spiro atoms. The second-order valence-electron chi connectivity index (χ2n) is 4.75. The summed E-state index contributed by atoms with van der Waals surface area (Å²) in [6.45, 7) is 2.16. The van der Waals surface area contributed by atoms with Crippen LogP contribution < -0.4 is 10.2 Å². The van der Waals surface area contributed by atoms with Gasteiger partial charge < -0.3 is 10.2 Å². The maximum absolute atomic E-state index is 4.30. The van der Waals surface area contributed by atoms with E-state index in [1.165, 1.54) is 25.7 Å². The lowest BCUT2D eigenvalue weighted by Gasteiger charge is -2.32. The van der Waals surface area contributed by atoms with Crippen molar-refractivity contribution in [2.45, 2.75) is 37.8 Å². The third kappa shape index (κ3) is 2.32. The van der Waals surface area contributed by atoms with Crippen LogP contribution in [-0.2, 0) is 0 Å². The standard InChI is InChI=1S/C12H18N4/c1-6-13-12(14-7-1)16-8-4-11(5-9-16)15-10-2-3-10/h1,6-7,10-11,15H,2-5,8-9H2. The highest BCUT2D eigenvalue weighted by molar-refractivity contribution is 5.29. The number of piperidine rings is 1. The predicted molar refractivity (Wildman–Crippen MR) is 63.4 cm³/mol. The first-order chi connectivity index (χ1) is 7.92. The van der Waals surface area contributed by atoms with Crippen molar-refractivity contribution in [1.29, 1.82) is 0 Å². The molecule has 4 nitrogen and oxygen atoms in total. The second-order valence-corrected chi connectivity index (χ2v) is 4.75. The third-order valence-corrected chi connectivity index (χ3v) is 3.38. The van der Waals surface area contributed by atoms with Crippen LogP contribution in [0.15, 0.2) is 18.5 Å².